The number of rotatable bonds is 2. The van der Waals surface area contributed by atoms with Crippen LogP contribution in [0.5, 0.6) is 0 Å². The Hall–Kier alpha value is -1.88. The van der Waals surface area contributed by atoms with E-state index < -0.39 is 23.6 Å². The second-order valence-electron chi connectivity index (χ2n) is 5.07. The molecule has 0 saturated carbocycles. The van der Waals surface area contributed by atoms with Crippen molar-refractivity contribution in [1.82, 2.24) is 0 Å². The van der Waals surface area contributed by atoms with Crippen LogP contribution in [0.15, 0.2) is 36.4 Å². The van der Waals surface area contributed by atoms with Gasteiger partial charge < -0.3 is 5.73 Å². The van der Waals surface area contributed by atoms with Gasteiger partial charge >= 0.3 is 6.18 Å². The van der Waals surface area contributed by atoms with Crippen LogP contribution >= 0.6 is 0 Å². The first-order valence-electron chi connectivity index (χ1n) is 6.39. The van der Waals surface area contributed by atoms with Crippen LogP contribution < -0.4 is 5.73 Å². The normalized spacial score (nSPS) is 13.3. The molecular weight excluding hydrogens is 282 g/mol. The van der Waals surface area contributed by atoms with Gasteiger partial charge in [-0.25, -0.2) is 4.39 Å². The molecule has 2 N–H and O–H groups in total. The fourth-order valence-corrected chi connectivity index (χ4v) is 2.30. The molecule has 0 heterocycles. The molecule has 1 atom stereocenters. The van der Waals surface area contributed by atoms with Gasteiger partial charge in [0.15, 0.2) is 0 Å². The number of hydrogen-bond donors (Lipinski definition) is 1. The highest BCUT2D eigenvalue weighted by molar-refractivity contribution is 5.40. The fraction of sp³-hybridized carbons (Fsp3) is 0.250. The van der Waals surface area contributed by atoms with Crippen molar-refractivity contribution in [1.29, 1.82) is 0 Å². The molecule has 21 heavy (non-hydrogen) atoms. The van der Waals surface area contributed by atoms with Crippen LogP contribution in [-0.2, 0) is 6.18 Å². The van der Waals surface area contributed by atoms with E-state index >= 15 is 0 Å². The lowest BCUT2D eigenvalue weighted by atomic mass is 9.93. The minimum atomic E-state index is -4.52. The third-order valence-corrected chi connectivity index (χ3v) is 3.42. The summed E-state index contributed by atoms with van der Waals surface area (Å²) in [5.74, 6) is -0.740. The van der Waals surface area contributed by atoms with E-state index in [0.717, 1.165) is 23.3 Å². The number of aryl methyl sites for hydroxylation is 2. The summed E-state index contributed by atoms with van der Waals surface area (Å²) in [6, 6.07) is 6.74. The van der Waals surface area contributed by atoms with Crippen LogP contribution in [0.25, 0.3) is 0 Å². The largest absolute Gasteiger partial charge is 0.416 e. The maximum absolute atomic E-state index is 13.9. The molecule has 0 fully saturated rings. The molecule has 112 valence electrons. The lowest BCUT2D eigenvalue weighted by molar-refractivity contribution is -0.137. The maximum Gasteiger partial charge on any atom is 0.416 e. The van der Waals surface area contributed by atoms with E-state index in [9.17, 15) is 17.6 Å². The first kappa shape index (κ1) is 15.5. The second kappa shape index (κ2) is 5.48. The molecule has 0 aliphatic carbocycles. The molecule has 0 aliphatic rings. The third kappa shape index (κ3) is 3.24. The topological polar surface area (TPSA) is 26.0 Å². The van der Waals surface area contributed by atoms with Crippen molar-refractivity contribution in [2.45, 2.75) is 26.1 Å². The van der Waals surface area contributed by atoms with Gasteiger partial charge in [-0.2, -0.15) is 13.2 Å². The fourth-order valence-electron chi connectivity index (χ4n) is 2.30. The SMILES string of the molecule is Cc1ccc(C(N)c2cc(C(F)(F)F)ccc2F)c(C)c1. The van der Waals surface area contributed by atoms with E-state index in [0.29, 0.717) is 11.6 Å². The Kier molecular flexibility index (Phi) is 4.05. The van der Waals surface area contributed by atoms with Crippen molar-refractivity contribution < 1.29 is 17.6 Å². The van der Waals surface area contributed by atoms with Gasteiger partial charge in [-0.3, -0.25) is 0 Å². The molecule has 0 radical (unpaired) electrons. The average molecular weight is 297 g/mol. The van der Waals surface area contributed by atoms with Crippen LogP contribution in [0.4, 0.5) is 17.6 Å². The van der Waals surface area contributed by atoms with Gasteiger partial charge in [0, 0.05) is 5.56 Å². The zero-order valence-corrected chi connectivity index (χ0v) is 11.6. The van der Waals surface area contributed by atoms with Crippen LogP contribution in [0.2, 0.25) is 0 Å². The van der Waals surface area contributed by atoms with E-state index in [1.54, 1.807) is 19.1 Å². The van der Waals surface area contributed by atoms with Gasteiger partial charge in [-0.1, -0.05) is 23.8 Å². The predicted octanol–water partition coefficient (Wildman–Crippen LogP) is 4.51. The first-order valence-corrected chi connectivity index (χ1v) is 6.39. The summed E-state index contributed by atoms with van der Waals surface area (Å²) in [5.41, 5.74) is 7.35. The predicted molar refractivity (Wildman–Crippen MR) is 73.3 cm³/mol. The summed E-state index contributed by atoms with van der Waals surface area (Å²) in [6.07, 6.45) is -4.52. The molecule has 0 spiro atoms. The lowest BCUT2D eigenvalue weighted by Crippen LogP contribution is -2.16. The Bertz CT molecular complexity index is 662. The molecule has 0 amide bonds. The highest BCUT2D eigenvalue weighted by Crippen LogP contribution is 2.33. The molecule has 2 aromatic carbocycles. The number of halogens is 4. The van der Waals surface area contributed by atoms with Crippen molar-refractivity contribution in [3.63, 3.8) is 0 Å². The van der Waals surface area contributed by atoms with Crippen LogP contribution in [0, 0.1) is 19.7 Å². The zero-order valence-electron chi connectivity index (χ0n) is 11.6. The van der Waals surface area contributed by atoms with Gasteiger partial charge in [0.2, 0.25) is 0 Å². The van der Waals surface area contributed by atoms with E-state index in [-0.39, 0.29) is 5.56 Å². The maximum atomic E-state index is 13.9. The molecule has 2 aromatic rings. The van der Waals surface area contributed by atoms with E-state index in [2.05, 4.69) is 0 Å². The number of alkyl halides is 3. The quantitative estimate of drug-likeness (QED) is 0.811. The third-order valence-electron chi connectivity index (χ3n) is 3.42. The Morgan fingerprint density at radius 1 is 0.952 bits per heavy atom. The molecule has 0 aliphatic heterocycles. The summed E-state index contributed by atoms with van der Waals surface area (Å²) in [7, 11) is 0. The molecule has 0 aromatic heterocycles. The molecule has 2 rings (SSSR count). The van der Waals surface area contributed by atoms with Gasteiger partial charge in [-0.15, -0.1) is 0 Å². The number of nitrogens with two attached hydrogens (primary N) is 1. The molecule has 0 saturated heterocycles. The van der Waals surface area contributed by atoms with Gasteiger partial charge in [0.1, 0.15) is 5.82 Å². The van der Waals surface area contributed by atoms with E-state index in [1.165, 1.54) is 0 Å². The first-order chi connectivity index (χ1) is 9.70. The van der Waals surface area contributed by atoms with Gasteiger partial charge in [-0.05, 0) is 43.2 Å². The van der Waals surface area contributed by atoms with Gasteiger partial charge in [0.25, 0.3) is 0 Å². The Labute approximate surface area is 120 Å². The standard InChI is InChI=1S/C16H15F4N/c1-9-3-5-12(10(2)7-9)15(21)13-8-11(16(18,19)20)4-6-14(13)17/h3-8,15H,21H2,1-2H3. The molecule has 0 bridgehead atoms. The minimum Gasteiger partial charge on any atom is -0.320 e. The van der Waals surface area contributed by atoms with Crippen molar-refractivity contribution in [3.05, 3.63) is 70.0 Å². The van der Waals surface area contributed by atoms with Crippen molar-refractivity contribution in [2.75, 3.05) is 0 Å². The Morgan fingerprint density at radius 2 is 1.62 bits per heavy atom. The summed E-state index contributed by atoms with van der Waals surface area (Å²) in [5, 5.41) is 0. The minimum absolute atomic E-state index is 0.156. The summed E-state index contributed by atoms with van der Waals surface area (Å²) < 4.78 is 52.1. The molecule has 5 heteroatoms. The van der Waals surface area contributed by atoms with E-state index in [4.69, 9.17) is 5.73 Å². The van der Waals surface area contributed by atoms with Gasteiger partial charge in [0.05, 0.1) is 11.6 Å². The second-order valence-corrected chi connectivity index (χ2v) is 5.07. The Balaban J connectivity index is 2.50. The van der Waals surface area contributed by atoms with Crippen molar-refractivity contribution in [2.24, 2.45) is 5.73 Å². The molecular formula is C16H15F4N. The zero-order chi connectivity index (χ0) is 15.8. The molecule has 1 nitrogen and oxygen atoms in total. The van der Waals surface area contributed by atoms with E-state index in [1.807, 2.05) is 13.0 Å². The highest BCUT2D eigenvalue weighted by Gasteiger charge is 2.32. The van der Waals surface area contributed by atoms with Crippen LogP contribution in [0.3, 0.4) is 0 Å². The smallest absolute Gasteiger partial charge is 0.320 e. The number of benzene rings is 2. The van der Waals surface area contributed by atoms with Crippen molar-refractivity contribution >= 4 is 0 Å². The Morgan fingerprint density at radius 3 is 2.19 bits per heavy atom. The van der Waals surface area contributed by atoms with Crippen LogP contribution in [-0.4, -0.2) is 0 Å². The van der Waals surface area contributed by atoms with Crippen molar-refractivity contribution in [3.8, 4) is 0 Å². The summed E-state index contributed by atoms with van der Waals surface area (Å²) in [6.45, 7) is 3.70. The van der Waals surface area contributed by atoms with Crippen LogP contribution in [0.1, 0.15) is 33.9 Å². The summed E-state index contributed by atoms with van der Waals surface area (Å²) in [4.78, 5) is 0. The molecule has 1 unspecified atom stereocenters. The monoisotopic (exact) mass is 297 g/mol. The summed E-state index contributed by atoms with van der Waals surface area (Å²) >= 11 is 0. The average Bonchev–Trinajstić information content (AvgIpc) is 2.37. The lowest BCUT2D eigenvalue weighted by Gasteiger charge is -2.18. The highest BCUT2D eigenvalue weighted by atomic mass is 19.4. The number of hydrogen-bond acceptors (Lipinski definition) is 1.